The molecule has 2 heterocycles. The van der Waals surface area contributed by atoms with Crippen molar-refractivity contribution < 1.29 is 14.8 Å². The SMILES string of the molecule is Cc1ccncc1N(O)C(=O)c1ccc2c(c1)CC[C@@]1(CCNC1=O)C2. The summed E-state index contributed by atoms with van der Waals surface area (Å²) in [4.78, 5) is 28.8. The molecule has 1 spiro atoms. The first-order valence-corrected chi connectivity index (χ1v) is 8.84. The summed E-state index contributed by atoms with van der Waals surface area (Å²) in [5.41, 5.74) is 3.49. The van der Waals surface area contributed by atoms with Gasteiger partial charge in [-0.1, -0.05) is 6.07 Å². The Morgan fingerprint density at radius 2 is 2.12 bits per heavy atom. The minimum absolute atomic E-state index is 0.150. The van der Waals surface area contributed by atoms with Gasteiger partial charge >= 0.3 is 0 Å². The van der Waals surface area contributed by atoms with Gasteiger partial charge in [-0.15, -0.1) is 0 Å². The van der Waals surface area contributed by atoms with E-state index in [1.165, 1.54) is 6.20 Å². The van der Waals surface area contributed by atoms with Gasteiger partial charge in [-0.05, 0) is 67.5 Å². The van der Waals surface area contributed by atoms with Crippen LogP contribution in [0, 0.1) is 12.3 Å². The molecule has 0 radical (unpaired) electrons. The number of carbonyl (C=O) groups excluding carboxylic acids is 2. The quantitative estimate of drug-likeness (QED) is 0.643. The summed E-state index contributed by atoms with van der Waals surface area (Å²) in [5.74, 6) is -0.334. The summed E-state index contributed by atoms with van der Waals surface area (Å²) in [6.45, 7) is 2.56. The van der Waals surface area contributed by atoms with Crippen LogP contribution >= 0.6 is 0 Å². The number of pyridine rings is 1. The second kappa shape index (κ2) is 6.21. The highest BCUT2D eigenvalue weighted by atomic mass is 16.5. The number of carbonyl (C=O) groups is 2. The molecule has 4 rings (SSSR count). The average Bonchev–Trinajstić information content (AvgIpc) is 3.00. The Labute approximate surface area is 151 Å². The highest BCUT2D eigenvalue weighted by Gasteiger charge is 2.44. The largest absolute Gasteiger partial charge is 0.356 e. The van der Waals surface area contributed by atoms with Crippen molar-refractivity contribution in [2.24, 2.45) is 5.41 Å². The molecule has 1 atom stereocenters. The zero-order valence-electron chi connectivity index (χ0n) is 14.7. The lowest BCUT2D eigenvalue weighted by atomic mass is 9.70. The molecule has 0 saturated carbocycles. The number of hydroxylamine groups is 1. The van der Waals surface area contributed by atoms with Crippen LogP contribution in [0.4, 0.5) is 5.69 Å². The molecule has 1 aromatic carbocycles. The van der Waals surface area contributed by atoms with Crippen LogP contribution < -0.4 is 10.4 Å². The van der Waals surface area contributed by atoms with Crippen molar-refractivity contribution in [3.05, 3.63) is 58.9 Å². The number of hydrogen-bond acceptors (Lipinski definition) is 4. The van der Waals surface area contributed by atoms with Crippen molar-refractivity contribution in [1.82, 2.24) is 10.3 Å². The molecule has 2 aromatic rings. The van der Waals surface area contributed by atoms with Gasteiger partial charge in [0.25, 0.3) is 5.91 Å². The normalized spacial score (nSPS) is 21.4. The molecule has 6 heteroatoms. The number of nitrogens with zero attached hydrogens (tertiary/aromatic N) is 2. The number of aryl methyl sites for hydroxylation is 2. The van der Waals surface area contributed by atoms with E-state index in [0.717, 1.165) is 42.5 Å². The lowest BCUT2D eigenvalue weighted by Gasteiger charge is -2.32. The second-order valence-corrected chi connectivity index (χ2v) is 7.23. The first kappa shape index (κ1) is 16.7. The smallest absolute Gasteiger partial charge is 0.282 e. The number of anilines is 1. The standard InChI is InChI=1S/C20H21N3O3/c1-13-5-8-21-12-17(13)23(26)18(24)15-2-3-16-11-20(6-4-14(16)10-15)7-9-22-19(20)25/h2-3,5,8,10,12,26H,4,6-7,9,11H2,1H3,(H,22,25)/t20-/m1/s1. The molecular formula is C20H21N3O3. The van der Waals surface area contributed by atoms with Gasteiger partial charge in [-0.3, -0.25) is 19.8 Å². The number of rotatable bonds is 2. The summed E-state index contributed by atoms with van der Waals surface area (Å²) in [6.07, 6.45) is 6.23. The number of fused-ring (bicyclic) bond motifs is 1. The summed E-state index contributed by atoms with van der Waals surface area (Å²) in [6, 6.07) is 7.22. The van der Waals surface area contributed by atoms with Crippen LogP contribution in [0.25, 0.3) is 0 Å². The molecule has 6 nitrogen and oxygen atoms in total. The van der Waals surface area contributed by atoms with Crippen LogP contribution in [0.3, 0.4) is 0 Å². The van der Waals surface area contributed by atoms with Crippen LogP contribution in [0.2, 0.25) is 0 Å². The van der Waals surface area contributed by atoms with Crippen molar-refractivity contribution in [2.75, 3.05) is 11.6 Å². The Balaban J connectivity index is 1.59. The van der Waals surface area contributed by atoms with E-state index >= 15 is 0 Å². The third kappa shape index (κ3) is 2.66. The molecule has 2 aliphatic rings. The van der Waals surface area contributed by atoms with Gasteiger partial charge in [0.2, 0.25) is 5.91 Å². The molecule has 2 amide bonds. The lowest BCUT2D eigenvalue weighted by Crippen LogP contribution is -2.36. The lowest BCUT2D eigenvalue weighted by molar-refractivity contribution is -0.128. The minimum Gasteiger partial charge on any atom is -0.356 e. The van der Waals surface area contributed by atoms with E-state index in [2.05, 4.69) is 10.3 Å². The van der Waals surface area contributed by atoms with E-state index in [1.807, 2.05) is 19.1 Å². The maximum atomic E-state index is 12.7. The molecule has 26 heavy (non-hydrogen) atoms. The van der Waals surface area contributed by atoms with Crippen LogP contribution in [0.15, 0.2) is 36.7 Å². The van der Waals surface area contributed by atoms with Gasteiger partial charge in [0.1, 0.15) is 0 Å². The summed E-state index contributed by atoms with van der Waals surface area (Å²) in [7, 11) is 0. The van der Waals surface area contributed by atoms with Gasteiger partial charge in [-0.2, -0.15) is 5.06 Å². The third-order valence-electron chi connectivity index (χ3n) is 5.66. The Bertz CT molecular complexity index is 896. The van der Waals surface area contributed by atoms with E-state index in [0.29, 0.717) is 22.7 Å². The fraction of sp³-hybridized carbons (Fsp3) is 0.350. The van der Waals surface area contributed by atoms with Crippen molar-refractivity contribution >= 4 is 17.5 Å². The first-order chi connectivity index (χ1) is 12.5. The molecule has 134 valence electrons. The zero-order valence-corrected chi connectivity index (χ0v) is 14.7. The fourth-order valence-electron chi connectivity index (χ4n) is 4.02. The van der Waals surface area contributed by atoms with E-state index in [1.54, 1.807) is 18.3 Å². The highest BCUT2D eigenvalue weighted by Crippen LogP contribution is 2.41. The predicted octanol–water partition coefficient (Wildman–Crippen LogP) is 2.42. The Kier molecular flexibility index (Phi) is 4.00. The fourth-order valence-corrected chi connectivity index (χ4v) is 4.02. The molecule has 1 fully saturated rings. The van der Waals surface area contributed by atoms with Crippen molar-refractivity contribution in [3.63, 3.8) is 0 Å². The molecular weight excluding hydrogens is 330 g/mol. The van der Waals surface area contributed by atoms with Gasteiger partial charge in [0, 0.05) is 18.3 Å². The molecule has 2 N–H and O–H groups in total. The molecule has 1 aliphatic carbocycles. The topological polar surface area (TPSA) is 82.5 Å². The first-order valence-electron chi connectivity index (χ1n) is 8.84. The van der Waals surface area contributed by atoms with E-state index in [9.17, 15) is 14.8 Å². The number of aromatic nitrogens is 1. The van der Waals surface area contributed by atoms with Gasteiger partial charge in [-0.25, -0.2) is 0 Å². The van der Waals surface area contributed by atoms with Gasteiger partial charge in [0.05, 0.1) is 17.3 Å². The average molecular weight is 351 g/mol. The Morgan fingerprint density at radius 3 is 2.85 bits per heavy atom. The van der Waals surface area contributed by atoms with Crippen molar-refractivity contribution in [1.29, 1.82) is 0 Å². The molecule has 0 unspecified atom stereocenters. The summed E-state index contributed by atoms with van der Waals surface area (Å²) in [5, 5.41) is 13.9. The third-order valence-corrected chi connectivity index (χ3v) is 5.66. The minimum atomic E-state index is -0.484. The van der Waals surface area contributed by atoms with Crippen LogP contribution in [-0.4, -0.2) is 28.6 Å². The monoisotopic (exact) mass is 351 g/mol. The molecule has 1 aliphatic heterocycles. The molecule has 1 saturated heterocycles. The Hall–Kier alpha value is -2.73. The summed E-state index contributed by atoms with van der Waals surface area (Å²) >= 11 is 0. The van der Waals surface area contributed by atoms with Crippen LogP contribution in [0.5, 0.6) is 0 Å². The van der Waals surface area contributed by atoms with E-state index in [4.69, 9.17) is 0 Å². The van der Waals surface area contributed by atoms with E-state index in [-0.39, 0.29) is 11.3 Å². The highest BCUT2D eigenvalue weighted by molar-refractivity contribution is 6.04. The van der Waals surface area contributed by atoms with Crippen molar-refractivity contribution in [2.45, 2.75) is 32.6 Å². The van der Waals surface area contributed by atoms with Crippen molar-refractivity contribution in [3.8, 4) is 0 Å². The predicted molar refractivity (Wildman–Crippen MR) is 96.1 cm³/mol. The number of nitrogens with one attached hydrogen (secondary N) is 1. The zero-order chi connectivity index (χ0) is 18.3. The Morgan fingerprint density at radius 1 is 1.27 bits per heavy atom. The van der Waals surface area contributed by atoms with Gasteiger partial charge < -0.3 is 5.32 Å². The molecule has 0 bridgehead atoms. The van der Waals surface area contributed by atoms with Crippen LogP contribution in [0.1, 0.15) is 39.9 Å². The van der Waals surface area contributed by atoms with Gasteiger partial charge in [0.15, 0.2) is 0 Å². The second-order valence-electron chi connectivity index (χ2n) is 7.23. The maximum Gasteiger partial charge on any atom is 0.282 e. The molecule has 1 aromatic heterocycles. The van der Waals surface area contributed by atoms with E-state index < -0.39 is 5.91 Å². The maximum absolute atomic E-state index is 12.7. The number of amides is 2. The number of hydrogen-bond donors (Lipinski definition) is 2. The number of benzene rings is 1. The van der Waals surface area contributed by atoms with Crippen LogP contribution in [-0.2, 0) is 17.6 Å². The summed E-state index contributed by atoms with van der Waals surface area (Å²) < 4.78 is 0.